The van der Waals surface area contributed by atoms with Crippen LogP contribution >= 0.6 is 0 Å². The Morgan fingerprint density at radius 2 is 2.11 bits per heavy atom. The number of aliphatic carboxylic acids is 1. The highest BCUT2D eigenvalue weighted by molar-refractivity contribution is 7.90. The zero-order chi connectivity index (χ0) is 14.6. The summed E-state index contributed by atoms with van der Waals surface area (Å²) >= 11 is 0. The molecule has 1 aromatic heterocycles. The highest BCUT2D eigenvalue weighted by Crippen LogP contribution is 2.12. The van der Waals surface area contributed by atoms with Crippen LogP contribution in [-0.2, 0) is 21.4 Å². The van der Waals surface area contributed by atoms with Crippen LogP contribution in [0.2, 0.25) is 0 Å². The predicted octanol–water partition coefficient (Wildman–Crippen LogP) is 0.706. The molecule has 2 N–H and O–H groups in total. The Hall–Kier alpha value is -1.67. The van der Waals surface area contributed by atoms with Crippen molar-refractivity contribution in [2.24, 2.45) is 0 Å². The molecule has 7 nitrogen and oxygen atoms in total. The normalized spacial score (nSPS) is 11.8. The first-order valence-electron chi connectivity index (χ1n) is 5.65. The minimum absolute atomic E-state index is 0.170. The van der Waals surface area contributed by atoms with Crippen LogP contribution in [0.25, 0.3) is 0 Å². The molecule has 0 aliphatic heterocycles. The molecule has 0 radical (unpaired) electrons. The van der Waals surface area contributed by atoms with Gasteiger partial charge in [0.1, 0.15) is 0 Å². The highest BCUT2D eigenvalue weighted by Gasteiger charge is 2.20. The minimum atomic E-state index is -3.62. The maximum absolute atomic E-state index is 11.9. The van der Waals surface area contributed by atoms with Crippen molar-refractivity contribution in [3.63, 3.8) is 0 Å². The van der Waals surface area contributed by atoms with Crippen molar-refractivity contribution < 1.29 is 18.3 Å². The van der Waals surface area contributed by atoms with Gasteiger partial charge in [-0.1, -0.05) is 0 Å². The van der Waals surface area contributed by atoms with Gasteiger partial charge in [0.05, 0.1) is 24.0 Å². The summed E-state index contributed by atoms with van der Waals surface area (Å²) in [7, 11) is -2.15. The zero-order valence-corrected chi connectivity index (χ0v) is 11.8. The van der Waals surface area contributed by atoms with Crippen molar-refractivity contribution in [2.45, 2.75) is 26.3 Å². The third-order valence-electron chi connectivity index (χ3n) is 2.51. The smallest absolute Gasteiger partial charge is 0.309 e. The number of aromatic nitrogens is 1. The lowest BCUT2D eigenvalue weighted by atomic mass is 10.3. The molecule has 1 rings (SSSR count). The average molecular weight is 287 g/mol. The number of carboxylic acids is 1. The molecule has 8 heteroatoms. The molecular weight excluding hydrogens is 270 g/mol. The predicted molar refractivity (Wildman–Crippen MR) is 71.0 cm³/mol. The summed E-state index contributed by atoms with van der Waals surface area (Å²) in [5.41, 5.74) is 0.661. The molecule has 0 fully saturated rings. The summed E-state index contributed by atoms with van der Waals surface area (Å²) in [4.78, 5) is 14.4. The Balaban J connectivity index is 2.81. The number of nitrogens with zero attached hydrogens (tertiary/aromatic N) is 2. The average Bonchev–Trinajstić information content (AvgIpc) is 2.29. The van der Waals surface area contributed by atoms with Crippen LogP contribution in [0.3, 0.4) is 0 Å². The van der Waals surface area contributed by atoms with Crippen LogP contribution in [0, 0.1) is 0 Å². The monoisotopic (exact) mass is 287 g/mol. The van der Waals surface area contributed by atoms with Gasteiger partial charge in [0, 0.05) is 13.1 Å². The Kier molecular flexibility index (Phi) is 4.84. The van der Waals surface area contributed by atoms with Crippen LogP contribution in [0.4, 0.5) is 5.69 Å². The van der Waals surface area contributed by atoms with Crippen LogP contribution in [0.5, 0.6) is 0 Å². The molecule has 106 valence electrons. The molecule has 0 atom stereocenters. The van der Waals surface area contributed by atoms with Gasteiger partial charge in [-0.3, -0.25) is 14.5 Å². The van der Waals surface area contributed by atoms with Gasteiger partial charge in [-0.15, -0.1) is 0 Å². The molecule has 0 saturated carbocycles. The van der Waals surface area contributed by atoms with Gasteiger partial charge in [-0.2, -0.15) is 12.7 Å². The zero-order valence-electron chi connectivity index (χ0n) is 11.0. The molecule has 0 amide bonds. The van der Waals surface area contributed by atoms with Gasteiger partial charge in [0.15, 0.2) is 0 Å². The van der Waals surface area contributed by atoms with Crippen molar-refractivity contribution >= 4 is 21.9 Å². The molecular formula is C11H17N3O4S. The Labute approximate surface area is 112 Å². The van der Waals surface area contributed by atoms with Crippen LogP contribution in [0.15, 0.2) is 18.3 Å². The lowest BCUT2D eigenvalue weighted by Gasteiger charge is -2.21. The van der Waals surface area contributed by atoms with E-state index >= 15 is 0 Å². The van der Waals surface area contributed by atoms with Gasteiger partial charge >= 0.3 is 16.2 Å². The summed E-state index contributed by atoms with van der Waals surface area (Å²) in [6.45, 7) is 3.51. The number of carboxylic acid groups (broad SMARTS) is 1. The first-order valence-corrected chi connectivity index (χ1v) is 7.09. The van der Waals surface area contributed by atoms with Crippen molar-refractivity contribution in [2.75, 3.05) is 11.8 Å². The lowest BCUT2D eigenvalue weighted by molar-refractivity contribution is -0.136. The highest BCUT2D eigenvalue weighted by atomic mass is 32.2. The van der Waals surface area contributed by atoms with Gasteiger partial charge in [0.25, 0.3) is 0 Å². The van der Waals surface area contributed by atoms with Gasteiger partial charge < -0.3 is 5.11 Å². The summed E-state index contributed by atoms with van der Waals surface area (Å²) in [6.07, 6.45) is 1.10. The second-order valence-electron chi connectivity index (χ2n) is 4.33. The molecule has 0 aliphatic carbocycles. The first kappa shape index (κ1) is 15.4. The second kappa shape index (κ2) is 5.98. The first-order chi connectivity index (χ1) is 8.72. The molecule has 1 heterocycles. The van der Waals surface area contributed by atoms with E-state index in [-0.39, 0.29) is 12.5 Å². The summed E-state index contributed by atoms with van der Waals surface area (Å²) in [6, 6.07) is 2.79. The molecule has 0 aromatic carbocycles. The molecule has 0 saturated heterocycles. The number of anilines is 1. The molecule has 1 aromatic rings. The van der Waals surface area contributed by atoms with E-state index in [1.54, 1.807) is 13.8 Å². The summed E-state index contributed by atoms with van der Waals surface area (Å²) in [5.74, 6) is -0.986. The van der Waals surface area contributed by atoms with Crippen molar-refractivity contribution in [3.05, 3.63) is 24.0 Å². The van der Waals surface area contributed by atoms with Crippen molar-refractivity contribution in [1.82, 2.24) is 9.29 Å². The van der Waals surface area contributed by atoms with Gasteiger partial charge in [-0.05, 0) is 26.0 Å². The fraction of sp³-hybridized carbons (Fsp3) is 0.455. The van der Waals surface area contributed by atoms with E-state index in [0.717, 1.165) is 0 Å². The fourth-order valence-electron chi connectivity index (χ4n) is 1.24. The van der Waals surface area contributed by atoms with E-state index in [4.69, 9.17) is 5.11 Å². The Bertz CT molecular complexity index is 540. The molecule has 0 aliphatic rings. The third-order valence-corrected chi connectivity index (χ3v) is 4.18. The summed E-state index contributed by atoms with van der Waals surface area (Å²) < 4.78 is 27.4. The maximum Gasteiger partial charge on any atom is 0.309 e. The van der Waals surface area contributed by atoms with E-state index in [9.17, 15) is 13.2 Å². The number of hydrogen-bond donors (Lipinski definition) is 2. The van der Waals surface area contributed by atoms with E-state index < -0.39 is 16.2 Å². The number of hydrogen-bond acceptors (Lipinski definition) is 4. The molecule has 0 spiro atoms. The second-order valence-corrected chi connectivity index (χ2v) is 6.06. The lowest BCUT2D eigenvalue weighted by Crippen LogP contribution is -2.37. The Morgan fingerprint density at radius 3 is 2.53 bits per heavy atom. The van der Waals surface area contributed by atoms with Crippen molar-refractivity contribution in [1.29, 1.82) is 0 Å². The quantitative estimate of drug-likeness (QED) is 0.802. The maximum atomic E-state index is 11.9. The van der Waals surface area contributed by atoms with Gasteiger partial charge in [-0.25, -0.2) is 0 Å². The largest absolute Gasteiger partial charge is 0.481 e. The number of carbonyl (C=O) groups is 1. The number of nitrogens with one attached hydrogen (secondary N) is 1. The standard InChI is InChI=1S/C11H17N3O4S/c1-8(2)14(3)19(17,18)13-10-5-4-9(12-7-10)6-11(15)16/h4-5,7-8,13H,6H2,1-3H3,(H,15,16). The molecule has 0 bridgehead atoms. The third kappa shape index (κ3) is 4.49. The number of pyridine rings is 1. The molecule has 0 unspecified atom stereocenters. The van der Waals surface area contributed by atoms with E-state index in [2.05, 4.69) is 9.71 Å². The topological polar surface area (TPSA) is 99.6 Å². The van der Waals surface area contributed by atoms with E-state index in [1.807, 2.05) is 0 Å². The summed E-state index contributed by atoms with van der Waals surface area (Å²) in [5, 5.41) is 8.60. The Morgan fingerprint density at radius 1 is 1.47 bits per heavy atom. The van der Waals surface area contributed by atoms with Crippen molar-refractivity contribution in [3.8, 4) is 0 Å². The minimum Gasteiger partial charge on any atom is -0.481 e. The SMILES string of the molecule is CC(C)N(C)S(=O)(=O)Nc1ccc(CC(=O)O)nc1. The van der Waals surface area contributed by atoms with Crippen LogP contribution in [0.1, 0.15) is 19.5 Å². The molecule has 19 heavy (non-hydrogen) atoms. The number of rotatable bonds is 6. The van der Waals surface area contributed by atoms with E-state index in [1.165, 1.54) is 29.7 Å². The van der Waals surface area contributed by atoms with E-state index in [0.29, 0.717) is 11.4 Å². The fourth-order valence-corrected chi connectivity index (χ4v) is 2.36. The van der Waals surface area contributed by atoms with Crippen LogP contribution < -0.4 is 4.72 Å². The van der Waals surface area contributed by atoms with Gasteiger partial charge in [0.2, 0.25) is 0 Å². The van der Waals surface area contributed by atoms with Crippen LogP contribution in [-0.4, -0.2) is 41.9 Å².